The molecule has 1 aromatic carbocycles. The van der Waals surface area contributed by atoms with E-state index >= 15 is 0 Å². The van der Waals surface area contributed by atoms with Crippen molar-refractivity contribution < 1.29 is 14.0 Å². The zero-order valence-corrected chi connectivity index (χ0v) is 20.3. The van der Waals surface area contributed by atoms with E-state index in [0.717, 1.165) is 36.4 Å². The van der Waals surface area contributed by atoms with Gasteiger partial charge in [0.15, 0.2) is 23.2 Å². The number of nitrogens with one attached hydrogen (secondary N) is 2. The number of para-hydroxylation sites is 1. The van der Waals surface area contributed by atoms with Crippen LogP contribution in [0.15, 0.2) is 33.8 Å². The number of halogens is 1. The number of rotatable bonds is 10. The van der Waals surface area contributed by atoms with E-state index < -0.39 is 0 Å². The monoisotopic (exact) mass is 516 g/mol. The van der Waals surface area contributed by atoms with E-state index in [4.69, 9.17) is 14.0 Å². The lowest BCUT2D eigenvalue weighted by Gasteiger charge is -2.13. The molecule has 0 saturated carbocycles. The summed E-state index contributed by atoms with van der Waals surface area (Å²) in [6, 6.07) is 7.81. The molecule has 8 heteroatoms. The van der Waals surface area contributed by atoms with E-state index in [1.165, 1.54) is 0 Å². The van der Waals surface area contributed by atoms with Crippen LogP contribution in [0.5, 0.6) is 11.5 Å². The van der Waals surface area contributed by atoms with Gasteiger partial charge in [-0.15, -0.1) is 24.0 Å². The lowest BCUT2D eigenvalue weighted by molar-refractivity contribution is 0.352. The molecule has 29 heavy (non-hydrogen) atoms. The highest BCUT2D eigenvalue weighted by Gasteiger charge is 2.13. The molecule has 2 N–H and O–H groups in total. The first-order valence-electron chi connectivity index (χ1n) is 9.84. The van der Waals surface area contributed by atoms with Crippen molar-refractivity contribution in [3.63, 3.8) is 0 Å². The van der Waals surface area contributed by atoms with Crippen LogP contribution < -0.4 is 20.1 Å². The molecule has 0 aliphatic carbocycles. The van der Waals surface area contributed by atoms with Crippen molar-refractivity contribution >= 4 is 29.9 Å². The Balaban J connectivity index is 0.00000420. The summed E-state index contributed by atoms with van der Waals surface area (Å²) in [7, 11) is 3.26. The van der Waals surface area contributed by atoms with Crippen LogP contribution >= 0.6 is 24.0 Å². The first-order chi connectivity index (χ1) is 13.7. The minimum absolute atomic E-state index is 0. The third kappa shape index (κ3) is 7.09. The molecular formula is C21H33IN4O3. The molecule has 0 radical (unpaired) electrons. The second-order valence-electron chi connectivity index (χ2n) is 6.43. The van der Waals surface area contributed by atoms with E-state index in [1.807, 2.05) is 31.2 Å². The number of guanidine groups is 1. The van der Waals surface area contributed by atoms with Crippen LogP contribution in [-0.4, -0.2) is 31.9 Å². The summed E-state index contributed by atoms with van der Waals surface area (Å²) in [6.45, 7) is 8.12. The fraction of sp³-hybridized carbons (Fsp3) is 0.524. The Labute approximate surface area is 190 Å². The number of hydrogen-bond donors (Lipinski definition) is 2. The van der Waals surface area contributed by atoms with Crippen LogP contribution in [0.2, 0.25) is 0 Å². The fourth-order valence-electron chi connectivity index (χ4n) is 3.07. The molecule has 0 atom stereocenters. The largest absolute Gasteiger partial charge is 0.493 e. The van der Waals surface area contributed by atoms with Gasteiger partial charge in [0, 0.05) is 24.1 Å². The van der Waals surface area contributed by atoms with Crippen LogP contribution in [0.25, 0.3) is 0 Å². The Kier molecular flexibility index (Phi) is 11.5. The van der Waals surface area contributed by atoms with Gasteiger partial charge in [0.05, 0.1) is 33.0 Å². The normalized spacial score (nSPS) is 11.2. The summed E-state index contributed by atoms with van der Waals surface area (Å²) in [5.74, 6) is 3.35. The van der Waals surface area contributed by atoms with Crippen molar-refractivity contribution in [1.29, 1.82) is 0 Å². The molecule has 0 amide bonds. The molecule has 0 bridgehead atoms. The van der Waals surface area contributed by atoms with Crippen LogP contribution in [-0.2, 0) is 13.1 Å². The Morgan fingerprint density at radius 1 is 1.14 bits per heavy atom. The van der Waals surface area contributed by atoms with Gasteiger partial charge in [0.1, 0.15) is 0 Å². The van der Waals surface area contributed by atoms with Gasteiger partial charge in [-0.3, -0.25) is 0 Å². The highest BCUT2D eigenvalue weighted by atomic mass is 127. The Morgan fingerprint density at radius 2 is 1.90 bits per heavy atom. The SMILES string of the molecule is CCNC(=NCc1cccc(OC)c1OC)NCc1cc(C(CC)CC)no1.I. The lowest BCUT2D eigenvalue weighted by atomic mass is 9.99. The molecule has 0 aliphatic heterocycles. The van der Waals surface area contributed by atoms with Crippen LogP contribution in [0.3, 0.4) is 0 Å². The molecular weight excluding hydrogens is 483 g/mol. The van der Waals surface area contributed by atoms with Crippen LogP contribution in [0.1, 0.15) is 56.5 Å². The molecule has 1 heterocycles. The lowest BCUT2D eigenvalue weighted by Crippen LogP contribution is -2.36. The number of aromatic nitrogens is 1. The quantitative estimate of drug-likeness (QED) is 0.276. The number of methoxy groups -OCH3 is 2. The number of aliphatic imine (C=N–C) groups is 1. The Hall–Kier alpha value is -1.97. The van der Waals surface area contributed by atoms with Crippen molar-refractivity contribution in [3.05, 3.63) is 41.3 Å². The summed E-state index contributed by atoms with van der Waals surface area (Å²) < 4.78 is 16.3. The van der Waals surface area contributed by atoms with E-state index in [-0.39, 0.29) is 24.0 Å². The highest BCUT2D eigenvalue weighted by molar-refractivity contribution is 14.0. The molecule has 1 aromatic heterocycles. The molecule has 7 nitrogen and oxygen atoms in total. The number of nitrogens with zero attached hydrogens (tertiary/aromatic N) is 2. The van der Waals surface area contributed by atoms with Gasteiger partial charge in [0.25, 0.3) is 0 Å². The topological polar surface area (TPSA) is 80.9 Å². The summed E-state index contributed by atoms with van der Waals surface area (Å²) in [6.07, 6.45) is 2.12. The van der Waals surface area contributed by atoms with Gasteiger partial charge in [-0.05, 0) is 25.8 Å². The minimum Gasteiger partial charge on any atom is -0.493 e. The summed E-state index contributed by atoms with van der Waals surface area (Å²) in [4.78, 5) is 4.65. The first-order valence-corrected chi connectivity index (χ1v) is 9.84. The van der Waals surface area contributed by atoms with Gasteiger partial charge >= 0.3 is 0 Å². The van der Waals surface area contributed by atoms with E-state index in [9.17, 15) is 0 Å². The van der Waals surface area contributed by atoms with Crippen LogP contribution in [0, 0.1) is 0 Å². The van der Waals surface area contributed by atoms with Crippen molar-refractivity contribution in [2.24, 2.45) is 4.99 Å². The van der Waals surface area contributed by atoms with E-state index in [2.05, 4.69) is 34.6 Å². The molecule has 0 spiro atoms. The van der Waals surface area contributed by atoms with Crippen molar-refractivity contribution in [3.8, 4) is 11.5 Å². The fourth-order valence-corrected chi connectivity index (χ4v) is 3.07. The first kappa shape index (κ1) is 25.1. The molecule has 2 aromatic rings. The Morgan fingerprint density at radius 3 is 2.52 bits per heavy atom. The third-order valence-corrected chi connectivity index (χ3v) is 4.65. The maximum Gasteiger partial charge on any atom is 0.191 e. The molecule has 2 rings (SSSR count). The van der Waals surface area contributed by atoms with E-state index in [0.29, 0.717) is 36.5 Å². The van der Waals surface area contributed by atoms with Crippen molar-refractivity contribution in [2.45, 2.75) is 52.6 Å². The number of benzene rings is 1. The Bertz CT molecular complexity index is 760. The molecule has 0 aliphatic rings. The number of ether oxygens (including phenoxy) is 2. The van der Waals surface area contributed by atoms with Gasteiger partial charge in [-0.25, -0.2) is 4.99 Å². The zero-order valence-electron chi connectivity index (χ0n) is 17.9. The number of hydrogen-bond acceptors (Lipinski definition) is 5. The molecule has 0 fully saturated rings. The van der Waals surface area contributed by atoms with Crippen molar-refractivity contribution in [2.75, 3.05) is 20.8 Å². The van der Waals surface area contributed by atoms with Gasteiger partial charge in [0.2, 0.25) is 0 Å². The second kappa shape index (κ2) is 13.3. The van der Waals surface area contributed by atoms with Crippen molar-refractivity contribution in [1.82, 2.24) is 15.8 Å². The summed E-state index contributed by atoms with van der Waals surface area (Å²) >= 11 is 0. The third-order valence-electron chi connectivity index (χ3n) is 4.65. The van der Waals surface area contributed by atoms with Gasteiger partial charge < -0.3 is 24.6 Å². The summed E-state index contributed by atoms with van der Waals surface area (Å²) in [5.41, 5.74) is 1.97. The molecule has 0 saturated heterocycles. The maximum absolute atomic E-state index is 5.48. The maximum atomic E-state index is 5.48. The van der Waals surface area contributed by atoms with Gasteiger partial charge in [-0.1, -0.05) is 31.1 Å². The second-order valence-corrected chi connectivity index (χ2v) is 6.43. The smallest absolute Gasteiger partial charge is 0.191 e. The van der Waals surface area contributed by atoms with E-state index in [1.54, 1.807) is 14.2 Å². The van der Waals surface area contributed by atoms with Gasteiger partial charge in [-0.2, -0.15) is 0 Å². The highest BCUT2D eigenvalue weighted by Crippen LogP contribution is 2.31. The zero-order chi connectivity index (χ0) is 20.4. The molecule has 0 unspecified atom stereocenters. The standard InChI is InChI=1S/C21H32N4O3.HI/c1-6-15(7-2)18-12-17(28-25-18)14-24-21(22-8-3)23-13-16-10-9-11-19(26-4)20(16)27-5;/h9-12,15H,6-8,13-14H2,1-5H3,(H2,22,23,24);1H. The average Bonchev–Trinajstić information content (AvgIpc) is 3.19. The average molecular weight is 516 g/mol. The molecule has 162 valence electrons. The minimum atomic E-state index is 0. The van der Waals surface area contributed by atoms with Crippen LogP contribution in [0.4, 0.5) is 0 Å². The predicted molar refractivity (Wildman–Crippen MR) is 126 cm³/mol. The predicted octanol–water partition coefficient (Wildman–Crippen LogP) is 4.47. The summed E-state index contributed by atoms with van der Waals surface area (Å²) in [5, 5.41) is 10.8.